The van der Waals surface area contributed by atoms with E-state index in [1.54, 1.807) is 11.0 Å². The fourth-order valence-corrected chi connectivity index (χ4v) is 5.03. The molecule has 2 aliphatic rings. The molecule has 1 fully saturated rings. The molecule has 1 atom stereocenters. The molecule has 7 nitrogen and oxygen atoms in total. The van der Waals surface area contributed by atoms with E-state index in [9.17, 15) is 13.2 Å². The highest BCUT2D eigenvalue weighted by Crippen LogP contribution is 2.28. The van der Waals surface area contributed by atoms with E-state index < -0.39 is 9.84 Å². The number of hydrogen-bond acceptors (Lipinski definition) is 6. The summed E-state index contributed by atoms with van der Waals surface area (Å²) < 4.78 is 23.1. The van der Waals surface area contributed by atoms with Gasteiger partial charge in [-0.2, -0.15) is 0 Å². The van der Waals surface area contributed by atoms with Gasteiger partial charge in [0.15, 0.2) is 9.84 Å². The van der Waals surface area contributed by atoms with Crippen molar-refractivity contribution >= 4 is 27.2 Å². The van der Waals surface area contributed by atoms with E-state index in [-0.39, 0.29) is 23.5 Å². The number of rotatable bonds is 3. The number of fused-ring (bicyclic) bond motifs is 1. The van der Waals surface area contributed by atoms with Crippen molar-refractivity contribution < 1.29 is 13.2 Å². The van der Waals surface area contributed by atoms with Gasteiger partial charge in [-0.05, 0) is 24.5 Å². The first kappa shape index (κ1) is 16.0. The molecule has 0 spiro atoms. The maximum absolute atomic E-state index is 12.8. The first-order chi connectivity index (χ1) is 12.0. The first-order valence-electron chi connectivity index (χ1n) is 8.21. The molecule has 1 aromatic carbocycles. The lowest BCUT2D eigenvalue weighted by atomic mass is 10.2. The van der Waals surface area contributed by atoms with Crippen LogP contribution in [0.15, 0.2) is 36.7 Å². The summed E-state index contributed by atoms with van der Waals surface area (Å²) in [6.45, 7) is 0.631. The molecule has 1 N–H and O–H groups in total. The summed E-state index contributed by atoms with van der Waals surface area (Å²) in [6, 6.07) is 9.26. The van der Waals surface area contributed by atoms with Crippen molar-refractivity contribution in [2.24, 2.45) is 0 Å². The summed E-state index contributed by atoms with van der Waals surface area (Å²) in [6.07, 6.45) is 2.72. The molecule has 0 saturated carbocycles. The third-order valence-corrected chi connectivity index (χ3v) is 6.37. The Morgan fingerprint density at radius 1 is 1.24 bits per heavy atom. The van der Waals surface area contributed by atoms with Crippen molar-refractivity contribution in [3.05, 3.63) is 47.9 Å². The van der Waals surface area contributed by atoms with Crippen molar-refractivity contribution in [1.29, 1.82) is 0 Å². The molecule has 0 aliphatic carbocycles. The van der Waals surface area contributed by atoms with Crippen LogP contribution >= 0.6 is 0 Å². The number of amides is 1. The smallest absolute Gasteiger partial charge is 0.277 e. The highest BCUT2D eigenvalue weighted by atomic mass is 32.2. The van der Waals surface area contributed by atoms with Gasteiger partial charge >= 0.3 is 0 Å². The molecule has 130 valence electrons. The van der Waals surface area contributed by atoms with Gasteiger partial charge in [0, 0.05) is 24.3 Å². The van der Waals surface area contributed by atoms with Gasteiger partial charge < -0.3 is 10.2 Å². The third-order valence-electron chi connectivity index (χ3n) is 4.60. The minimum absolute atomic E-state index is 0.0970. The van der Waals surface area contributed by atoms with Gasteiger partial charge in [-0.15, -0.1) is 0 Å². The second kappa shape index (κ2) is 6.11. The van der Waals surface area contributed by atoms with E-state index in [1.807, 2.05) is 24.3 Å². The van der Waals surface area contributed by atoms with Crippen LogP contribution in [0, 0.1) is 0 Å². The Labute approximate surface area is 146 Å². The largest absolute Gasteiger partial charge is 0.366 e. The molecule has 1 aromatic heterocycles. The molecule has 3 heterocycles. The molecule has 1 saturated heterocycles. The predicted molar refractivity (Wildman–Crippen MR) is 94.5 cm³/mol. The number of nitrogens with one attached hydrogen (secondary N) is 1. The number of benzene rings is 1. The number of carbonyl (C=O) groups is 1. The topological polar surface area (TPSA) is 92.3 Å². The molecule has 8 heteroatoms. The number of aromatic nitrogens is 2. The summed E-state index contributed by atoms with van der Waals surface area (Å²) in [4.78, 5) is 22.8. The Kier molecular flexibility index (Phi) is 3.91. The van der Waals surface area contributed by atoms with Gasteiger partial charge in [0.2, 0.25) is 0 Å². The summed E-state index contributed by atoms with van der Waals surface area (Å²) in [5.74, 6) is 0.591. The predicted octanol–water partition coefficient (Wildman–Crippen LogP) is 1.28. The zero-order chi connectivity index (χ0) is 17.4. The number of carbonyl (C=O) groups excluding carboxylic acids is 1. The highest BCUT2D eigenvalue weighted by Gasteiger charge is 2.29. The van der Waals surface area contributed by atoms with Crippen LogP contribution < -0.4 is 10.2 Å². The summed E-state index contributed by atoms with van der Waals surface area (Å²) >= 11 is 0. The zero-order valence-electron chi connectivity index (χ0n) is 13.6. The summed E-state index contributed by atoms with van der Waals surface area (Å²) in [5.41, 5.74) is 2.37. The van der Waals surface area contributed by atoms with E-state index in [0.717, 1.165) is 17.7 Å². The van der Waals surface area contributed by atoms with Crippen LogP contribution in [0.2, 0.25) is 0 Å². The van der Waals surface area contributed by atoms with E-state index in [1.165, 1.54) is 6.33 Å². The molecule has 1 unspecified atom stereocenters. The molecule has 0 bridgehead atoms. The average Bonchev–Trinajstić information content (AvgIpc) is 3.17. The quantitative estimate of drug-likeness (QED) is 0.889. The van der Waals surface area contributed by atoms with E-state index >= 15 is 0 Å². The molecule has 2 aromatic rings. The fraction of sp³-hybridized carbons (Fsp3) is 0.353. The van der Waals surface area contributed by atoms with Crippen molar-refractivity contribution in [2.45, 2.75) is 18.9 Å². The molecular weight excluding hydrogens is 340 g/mol. The average molecular weight is 358 g/mol. The summed E-state index contributed by atoms with van der Waals surface area (Å²) in [7, 11) is -2.97. The standard InChI is InChI=1S/C17H18N4O3S/c22-17(21-7-5-12-3-1-2-4-15(12)21)14-9-16(19-11-18-14)20-13-6-8-25(23,24)10-13/h1-4,9,11,13H,5-8,10H2,(H,18,19,20). The molecule has 1 amide bonds. The summed E-state index contributed by atoms with van der Waals surface area (Å²) in [5, 5.41) is 3.10. The van der Waals surface area contributed by atoms with Crippen LogP contribution in [0.1, 0.15) is 22.5 Å². The Morgan fingerprint density at radius 2 is 2.08 bits per heavy atom. The van der Waals surface area contributed by atoms with Crippen LogP contribution in [0.5, 0.6) is 0 Å². The Morgan fingerprint density at radius 3 is 2.88 bits per heavy atom. The van der Waals surface area contributed by atoms with E-state index in [4.69, 9.17) is 0 Å². The van der Waals surface area contributed by atoms with Crippen LogP contribution in [0.3, 0.4) is 0 Å². The van der Waals surface area contributed by atoms with Gasteiger partial charge in [-0.25, -0.2) is 18.4 Å². The van der Waals surface area contributed by atoms with Gasteiger partial charge in [-0.1, -0.05) is 18.2 Å². The zero-order valence-corrected chi connectivity index (χ0v) is 14.4. The first-order valence-corrected chi connectivity index (χ1v) is 10.0. The van der Waals surface area contributed by atoms with Crippen LogP contribution in [-0.4, -0.2) is 48.4 Å². The maximum Gasteiger partial charge on any atom is 0.277 e. The lowest BCUT2D eigenvalue weighted by Gasteiger charge is -2.17. The number of para-hydroxylation sites is 1. The van der Waals surface area contributed by atoms with Gasteiger partial charge in [-0.3, -0.25) is 4.79 Å². The number of anilines is 2. The van der Waals surface area contributed by atoms with Crippen molar-refractivity contribution in [3.63, 3.8) is 0 Å². The van der Waals surface area contributed by atoms with E-state index in [0.29, 0.717) is 24.5 Å². The minimum Gasteiger partial charge on any atom is -0.366 e. The lowest BCUT2D eigenvalue weighted by Crippen LogP contribution is -2.30. The van der Waals surface area contributed by atoms with Crippen molar-refractivity contribution in [3.8, 4) is 0 Å². The Balaban J connectivity index is 1.53. The second-order valence-corrected chi connectivity index (χ2v) is 8.60. The minimum atomic E-state index is -2.97. The van der Waals surface area contributed by atoms with Gasteiger partial charge in [0.05, 0.1) is 11.5 Å². The van der Waals surface area contributed by atoms with Crippen LogP contribution in [0.25, 0.3) is 0 Å². The fourth-order valence-electron chi connectivity index (χ4n) is 3.36. The van der Waals surface area contributed by atoms with Gasteiger partial charge in [0.1, 0.15) is 17.8 Å². The molecule has 4 rings (SSSR count). The molecular formula is C17H18N4O3S. The normalized spacial score (nSPS) is 21.1. The SMILES string of the molecule is O=C(c1cc(NC2CCS(=O)(=O)C2)ncn1)N1CCc2ccccc21. The number of hydrogen-bond donors (Lipinski definition) is 1. The van der Waals surface area contributed by atoms with Crippen LogP contribution in [-0.2, 0) is 16.3 Å². The van der Waals surface area contributed by atoms with Gasteiger partial charge in [0.25, 0.3) is 5.91 Å². The maximum atomic E-state index is 12.8. The second-order valence-electron chi connectivity index (χ2n) is 6.37. The van der Waals surface area contributed by atoms with Crippen molar-refractivity contribution in [2.75, 3.05) is 28.3 Å². The molecule has 2 aliphatic heterocycles. The van der Waals surface area contributed by atoms with Crippen LogP contribution in [0.4, 0.5) is 11.5 Å². The third kappa shape index (κ3) is 3.21. The Hall–Kier alpha value is -2.48. The van der Waals surface area contributed by atoms with E-state index in [2.05, 4.69) is 15.3 Å². The highest BCUT2D eigenvalue weighted by molar-refractivity contribution is 7.91. The lowest BCUT2D eigenvalue weighted by molar-refractivity contribution is 0.0984. The monoisotopic (exact) mass is 358 g/mol. The number of sulfone groups is 1. The molecule has 0 radical (unpaired) electrons. The number of nitrogens with zero attached hydrogens (tertiary/aromatic N) is 3. The Bertz CT molecular complexity index is 929. The molecule has 25 heavy (non-hydrogen) atoms. The van der Waals surface area contributed by atoms with Crippen molar-refractivity contribution in [1.82, 2.24) is 9.97 Å².